The second kappa shape index (κ2) is 9.45. The fourth-order valence-electron chi connectivity index (χ4n) is 3.80. The molecule has 0 nitrogen and oxygen atoms in total. The Morgan fingerprint density at radius 2 is 0.690 bits per heavy atom. The first-order chi connectivity index (χ1) is 13.3. The van der Waals surface area contributed by atoms with E-state index < -0.39 is 0 Å². The van der Waals surface area contributed by atoms with E-state index in [0.717, 1.165) is 0 Å². The maximum absolute atomic E-state index is 3.72. The first kappa shape index (κ1) is 23.6. The predicted octanol–water partition coefficient (Wildman–Crippen LogP) is 5.12. The molecule has 0 aliphatic rings. The topological polar surface area (TPSA) is 0 Å². The number of hydrogen-bond donors (Lipinski definition) is 0. The molecule has 0 bridgehead atoms. The molecular formula is C26H26CrSi2. The maximum atomic E-state index is 3.72. The fourth-order valence-corrected chi connectivity index (χ4v) is 4.61. The van der Waals surface area contributed by atoms with E-state index in [1.807, 2.05) is 0 Å². The Hall–Kier alpha value is -1.63. The third-order valence-electron chi connectivity index (χ3n) is 6.20. The van der Waals surface area contributed by atoms with Gasteiger partial charge in [0.2, 0.25) is 0 Å². The first-order valence-corrected chi connectivity index (χ1v) is 10.7. The smallest absolute Gasteiger partial charge is 0.0616 e. The first-order valence-electron chi connectivity index (χ1n) is 9.65. The molecular weight excluding hydrogens is 420 g/mol. The molecule has 4 aromatic rings. The number of fused-ring (bicyclic) bond motifs is 2. The van der Waals surface area contributed by atoms with E-state index in [4.69, 9.17) is 0 Å². The van der Waals surface area contributed by atoms with Crippen molar-refractivity contribution < 1.29 is 17.4 Å². The minimum absolute atomic E-state index is 0. The van der Waals surface area contributed by atoms with Crippen molar-refractivity contribution in [2.45, 2.75) is 41.5 Å². The third-order valence-corrected chi connectivity index (χ3v) is 7.49. The SMILES string of the molecule is Cc1c(C)c([Si])c2ccccc2c1C.Cc1c(C)c([Si])c2ccccc2c1C.[Cr]. The minimum Gasteiger partial charge on any atom is -0.0616 e. The van der Waals surface area contributed by atoms with Crippen molar-refractivity contribution >= 4 is 52.4 Å². The van der Waals surface area contributed by atoms with Crippen LogP contribution < -0.4 is 10.4 Å². The standard InChI is InChI=1S/2C13H13Si.Cr/c2*1-8-9(2)11-6-4-5-7-12(11)13(14)10(8)3;/h2*4-7H,1-3H3;. The summed E-state index contributed by atoms with van der Waals surface area (Å²) in [4.78, 5) is 0. The van der Waals surface area contributed by atoms with Gasteiger partial charge < -0.3 is 0 Å². The van der Waals surface area contributed by atoms with E-state index in [1.54, 1.807) is 0 Å². The predicted molar refractivity (Wildman–Crippen MR) is 127 cm³/mol. The zero-order chi connectivity index (χ0) is 20.6. The molecule has 0 heterocycles. The van der Waals surface area contributed by atoms with E-state index in [2.05, 4.69) is 111 Å². The van der Waals surface area contributed by atoms with Gasteiger partial charge in [0, 0.05) is 17.4 Å². The molecule has 0 aromatic heterocycles. The molecule has 0 aliphatic carbocycles. The van der Waals surface area contributed by atoms with Crippen LogP contribution in [0.3, 0.4) is 0 Å². The van der Waals surface area contributed by atoms with Gasteiger partial charge in [0.15, 0.2) is 0 Å². The number of hydrogen-bond acceptors (Lipinski definition) is 0. The molecule has 0 aliphatic heterocycles. The molecule has 6 radical (unpaired) electrons. The van der Waals surface area contributed by atoms with Gasteiger partial charge in [0.05, 0.1) is 20.5 Å². The van der Waals surface area contributed by atoms with Crippen LogP contribution in [0.25, 0.3) is 21.5 Å². The summed E-state index contributed by atoms with van der Waals surface area (Å²) in [7, 11) is 7.44. The van der Waals surface area contributed by atoms with Crippen LogP contribution >= 0.6 is 0 Å². The van der Waals surface area contributed by atoms with Crippen molar-refractivity contribution in [3.63, 3.8) is 0 Å². The molecule has 0 saturated carbocycles. The number of aryl methyl sites for hydroxylation is 2. The molecule has 0 saturated heterocycles. The van der Waals surface area contributed by atoms with Crippen molar-refractivity contribution in [3.8, 4) is 0 Å². The maximum Gasteiger partial charge on any atom is 0.0724 e. The zero-order valence-corrected chi connectivity index (χ0v) is 21.3. The molecule has 0 atom stereocenters. The Labute approximate surface area is 192 Å². The molecule has 0 spiro atoms. The minimum atomic E-state index is 0. The Morgan fingerprint density at radius 3 is 1.00 bits per heavy atom. The van der Waals surface area contributed by atoms with Gasteiger partial charge in [-0.2, -0.15) is 0 Å². The zero-order valence-electron chi connectivity index (χ0n) is 18.0. The van der Waals surface area contributed by atoms with E-state index >= 15 is 0 Å². The van der Waals surface area contributed by atoms with E-state index in [0.29, 0.717) is 0 Å². The monoisotopic (exact) mass is 446 g/mol. The summed E-state index contributed by atoms with van der Waals surface area (Å²) in [6, 6.07) is 17.0. The van der Waals surface area contributed by atoms with Crippen molar-refractivity contribution in [2.24, 2.45) is 0 Å². The van der Waals surface area contributed by atoms with Crippen LogP contribution in [0.5, 0.6) is 0 Å². The van der Waals surface area contributed by atoms with Crippen LogP contribution in [0, 0.1) is 41.5 Å². The second-order valence-electron chi connectivity index (χ2n) is 7.59. The van der Waals surface area contributed by atoms with E-state index in [-0.39, 0.29) is 17.4 Å². The van der Waals surface area contributed by atoms with E-state index in [1.165, 1.54) is 65.3 Å². The molecule has 3 heteroatoms. The molecule has 4 rings (SSSR count). The summed E-state index contributed by atoms with van der Waals surface area (Å²) in [5.41, 5.74) is 8.23. The second-order valence-corrected chi connectivity index (χ2v) is 8.59. The molecule has 0 unspecified atom stereocenters. The quantitative estimate of drug-likeness (QED) is 0.329. The Morgan fingerprint density at radius 1 is 0.414 bits per heavy atom. The van der Waals surface area contributed by atoms with Crippen molar-refractivity contribution in [1.82, 2.24) is 0 Å². The van der Waals surface area contributed by atoms with Crippen molar-refractivity contribution in [3.05, 3.63) is 81.9 Å². The van der Waals surface area contributed by atoms with Gasteiger partial charge in [0.25, 0.3) is 0 Å². The average molecular weight is 447 g/mol. The Kier molecular flexibility index (Phi) is 7.71. The average Bonchev–Trinajstić information content (AvgIpc) is 2.73. The van der Waals surface area contributed by atoms with Crippen molar-refractivity contribution in [2.75, 3.05) is 0 Å². The van der Waals surface area contributed by atoms with Gasteiger partial charge in [-0.1, -0.05) is 58.9 Å². The fraction of sp³-hybridized carbons (Fsp3) is 0.231. The van der Waals surface area contributed by atoms with Crippen LogP contribution in [0.15, 0.2) is 48.5 Å². The normalized spacial score (nSPS) is 10.5. The molecule has 29 heavy (non-hydrogen) atoms. The Bertz CT molecular complexity index is 1000. The number of rotatable bonds is 0. The van der Waals surface area contributed by atoms with Crippen molar-refractivity contribution in [1.29, 1.82) is 0 Å². The summed E-state index contributed by atoms with van der Waals surface area (Å²) in [5, 5.41) is 7.77. The molecule has 144 valence electrons. The summed E-state index contributed by atoms with van der Waals surface area (Å²) in [6.45, 7) is 13.1. The third kappa shape index (κ3) is 4.30. The van der Waals surface area contributed by atoms with Crippen LogP contribution in [0.2, 0.25) is 0 Å². The van der Waals surface area contributed by atoms with E-state index in [9.17, 15) is 0 Å². The van der Waals surface area contributed by atoms with Gasteiger partial charge in [-0.3, -0.25) is 0 Å². The molecule has 0 amide bonds. The van der Waals surface area contributed by atoms with Gasteiger partial charge in [-0.25, -0.2) is 0 Å². The largest absolute Gasteiger partial charge is 0.0724 e. The Balaban J connectivity index is 0.000000200. The van der Waals surface area contributed by atoms with Crippen LogP contribution in [-0.2, 0) is 17.4 Å². The van der Waals surface area contributed by atoms with Crippen LogP contribution in [-0.4, -0.2) is 20.5 Å². The van der Waals surface area contributed by atoms with Gasteiger partial charge in [0.1, 0.15) is 0 Å². The number of benzene rings is 4. The summed E-state index contributed by atoms with van der Waals surface area (Å²) in [6.07, 6.45) is 0. The molecule has 0 N–H and O–H groups in total. The summed E-state index contributed by atoms with van der Waals surface area (Å²) < 4.78 is 0. The van der Waals surface area contributed by atoms with Gasteiger partial charge in [-0.05, 0) is 96.5 Å². The molecule has 0 fully saturated rings. The molecule has 4 aromatic carbocycles. The van der Waals surface area contributed by atoms with Crippen LogP contribution in [0.1, 0.15) is 33.4 Å². The van der Waals surface area contributed by atoms with Gasteiger partial charge >= 0.3 is 0 Å². The van der Waals surface area contributed by atoms with Crippen LogP contribution in [0.4, 0.5) is 0 Å². The summed E-state index contributed by atoms with van der Waals surface area (Å²) >= 11 is 0. The summed E-state index contributed by atoms with van der Waals surface area (Å²) in [5.74, 6) is 0. The van der Waals surface area contributed by atoms with Gasteiger partial charge in [-0.15, -0.1) is 0 Å².